The highest BCUT2D eigenvalue weighted by molar-refractivity contribution is 5.74. The van der Waals surface area contributed by atoms with Crippen LogP contribution >= 0.6 is 0 Å². The molecule has 1 aromatic rings. The van der Waals surface area contributed by atoms with Gasteiger partial charge in [-0.25, -0.2) is 4.79 Å². The SMILES string of the molecule is C[C@H](NC(=O)NCc1ccccc1N1CCCCC1)C1CCOCC1. The second-order valence-electron chi connectivity index (χ2n) is 7.24. The van der Waals surface area contributed by atoms with E-state index in [0.29, 0.717) is 12.5 Å². The van der Waals surface area contributed by atoms with Crippen molar-refractivity contribution in [2.75, 3.05) is 31.2 Å². The van der Waals surface area contributed by atoms with E-state index in [4.69, 9.17) is 4.74 Å². The molecule has 0 radical (unpaired) electrons. The summed E-state index contributed by atoms with van der Waals surface area (Å²) in [5.41, 5.74) is 2.46. The van der Waals surface area contributed by atoms with Crippen LogP contribution in [-0.4, -0.2) is 38.4 Å². The molecule has 0 spiro atoms. The third-order valence-corrected chi connectivity index (χ3v) is 5.46. The standard InChI is InChI=1S/C20H31N3O2/c1-16(17-9-13-25-14-10-17)22-20(24)21-15-18-7-3-4-8-19(18)23-11-5-2-6-12-23/h3-4,7-8,16-17H,2,5-6,9-15H2,1H3,(H2,21,22,24)/t16-/m0/s1. The van der Waals surface area contributed by atoms with Crippen LogP contribution in [0.25, 0.3) is 0 Å². The van der Waals surface area contributed by atoms with Gasteiger partial charge in [-0.15, -0.1) is 0 Å². The van der Waals surface area contributed by atoms with E-state index < -0.39 is 0 Å². The average Bonchev–Trinajstić information content (AvgIpc) is 2.68. The molecule has 3 rings (SSSR count). The second kappa shape index (κ2) is 9.09. The smallest absolute Gasteiger partial charge is 0.315 e. The number of benzene rings is 1. The lowest BCUT2D eigenvalue weighted by Crippen LogP contribution is -2.45. The lowest BCUT2D eigenvalue weighted by atomic mass is 9.93. The molecule has 0 unspecified atom stereocenters. The Morgan fingerprint density at radius 2 is 1.92 bits per heavy atom. The Morgan fingerprint density at radius 1 is 1.20 bits per heavy atom. The molecule has 2 heterocycles. The molecule has 25 heavy (non-hydrogen) atoms. The van der Waals surface area contributed by atoms with Crippen LogP contribution in [0, 0.1) is 5.92 Å². The summed E-state index contributed by atoms with van der Waals surface area (Å²) < 4.78 is 5.40. The van der Waals surface area contributed by atoms with Crippen molar-refractivity contribution in [3.8, 4) is 0 Å². The van der Waals surface area contributed by atoms with E-state index in [0.717, 1.165) is 39.1 Å². The molecule has 2 aliphatic heterocycles. The number of nitrogens with one attached hydrogen (secondary N) is 2. The van der Waals surface area contributed by atoms with E-state index >= 15 is 0 Å². The number of ether oxygens (including phenoxy) is 1. The third kappa shape index (κ3) is 5.11. The first-order chi connectivity index (χ1) is 12.2. The quantitative estimate of drug-likeness (QED) is 0.861. The Kier molecular flexibility index (Phi) is 6.56. The molecule has 1 aromatic carbocycles. The minimum absolute atomic E-state index is 0.0764. The van der Waals surface area contributed by atoms with Gasteiger partial charge >= 0.3 is 6.03 Å². The second-order valence-corrected chi connectivity index (χ2v) is 7.24. The number of carbonyl (C=O) groups is 1. The molecule has 2 aliphatic rings. The fourth-order valence-corrected chi connectivity index (χ4v) is 3.87. The zero-order valence-corrected chi connectivity index (χ0v) is 15.3. The Balaban J connectivity index is 1.51. The van der Waals surface area contributed by atoms with Crippen molar-refractivity contribution in [3.63, 3.8) is 0 Å². The van der Waals surface area contributed by atoms with E-state index in [1.54, 1.807) is 0 Å². The first-order valence-electron chi connectivity index (χ1n) is 9.69. The maximum atomic E-state index is 12.3. The predicted octanol–water partition coefficient (Wildman–Crippen LogP) is 3.29. The number of rotatable bonds is 5. The van der Waals surface area contributed by atoms with Crippen molar-refractivity contribution in [1.29, 1.82) is 0 Å². The number of hydrogen-bond donors (Lipinski definition) is 2. The fraction of sp³-hybridized carbons (Fsp3) is 0.650. The number of anilines is 1. The maximum Gasteiger partial charge on any atom is 0.315 e. The van der Waals surface area contributed by atoms with Gasteiger partial charge in [-0.05, 0) is 56.6 Å². The summed E-state index contributed by atoms with van der Waals surface area (Å²) in [4.78, 5) is 14.7. The zero-order valence-electron chi connectivity index (χ0n) is 15.3. The van der Waals surface area contributed by atoms with Gasteiger partial charge < -0.3 is 20.3 Å². The van der Waals surface area contributed by atoms with Crippen molar-refractivity contribution in [2.24, 2.45) is 5.92 Å². The van der Waals surface area contributed by atoms with Gasteiger partial charge in [0.1, 0.15) is 0 Å². The number of para-hydroxylation sites is 1. The summed E-state index contributed by atoms with van der Waals surface area (Å²) in [7, 11) is 0. The van der Waals surface area contributed by atoms with Crippen molar-refractivity contribution in [3.05, 3.63) is 29.8 Å². The highest BCUT2D eigenvalue weighted by atomic mass is 16.5. The molecule has 2 amide bonds. The van der Waals surface area contributed by atoms with E-state index in [1.165, 1.54) is 30.5 Å². The van der Waals surface area contributed by atoms with Gasteiger partial charge in [0.25, 0.3) is 0 Å². The molecule has 2 saturated heterocycles. The van der Waals surface area contributed by atoms with Crippen LogP contribution in [0.2, 0.25) is 0 Å². The predicted molar refractivity (Wildman–Crippen MR) is 101 cm³/mol. The Hall–Kier alpha value is -1.75. The third-order valence-electron chi connectivity index (χ3n) is 5.46. The molecule has 5 heteroatoms. The Bertz CT molecular complexity index is 552. The van der Waals surface area contributed by atoms with Crippen LogP contribution in [0.1, 0.15) is 44.6 Å². The van der Waals surface area contributed by atoms with E-state index in [1.807, 2.05) is 6.07 Å². The van der Waals surface area contributed by atoms with Crippen molar-refractivity contribution >= 4 is 11.7 Å². The largest absolute Gasteiger partial charge is 0.381 e. The van der Waals surface area contributed by atoms with Crippen molar-refractivity contribution in [2.45, 2.75) is 51.6 Å². The van der Waals surface area contributed by atoms with E-state index in [2.05, 4.69) is 40.7 Å². The van der Waals surface area contributed by atoms with Crippen LogP contribution < -0.4 is 15.5 Å². The minimum atomic E-state index is -0.0764. The van der Waals surface area contributed by atoms with Gasteiger partial charge in [0.05, 0.1) is 0 Å². The van der Waals surface area contributed by atoms with Crippen molar-refractivity contribution < 1.29 is 9.53 Å². The first kappa shape index (κ1) is 18.1. The number of piperidine rings is 1. The summed E-state index contributed by atoms with van der Waals surface area (Å²) in [5.74, 6) is 0.514. The molecule has 0 aliphatic carbocycles. The highest BCUT2D eigenvalue weighted by Gasteiger charge is 2.22. The lowest BCUT2D eigenvalue weighted by molar-refractivity contribution is 0.0571. The minimum Gasteiger partial charge on any atom is -0.381 e. The molecule has 2 N–H and O–H groups in total. The molecular weight excluding hydrogens is 314 g/mol. The van der Waals surface area contributed by atoms with Crippen LogP contribution in [0.15, 0.2) is 24.3 Å². The van der Waals surface area contributed by atoms with Crippen LogP contribution in [-0.2, 0) is 11.3 Å². The molecule has 2 fully saturated rings. The normalized spacial score (nSPS) is 20.1. The van der Waals surface area contributed by atoms with Gasteiger partial charge in [-0.1, -0.05) is 18.2 Å². The van der Waals surface area contributed by atoms with Crippen LogP contribution in [0.3, 0.4) is 0 Å². The van der Waals surface area contributed by atoms with Crippen molar-refractivity contribution in [1.82, 2.24) is 10.6 Å². The summed E-state index contributed by atoms with van der Waals surface area (Å²) >= 11 is 0. The summed E-state index contributed by atoms with van der Waals surface area (Å²) in [5, 5.41) is 6.14. The van der Waals surface area contributed by atoms with Crippen LogP contribution in [0.5, 0.6) is 0 Å². The number of amides is 2. The van der Waals surface area contributed by atoms with Gasteiger partial charge in [-0.3, -0.25) is 0 Å². The molecule has 138 valence electrons. The molecule has 0 aromatic heterocycles. The molecular formula is C20H31N3O2. The number of urea groups is 1. The first-order valence-corrected chi connectivity index (χ1v) is 9.69. The topological polar surface area (TPSA) is 53.6 Å². The summed E-state index contributed by atoms with van der Waals surface area (Å²) in [6, 6.07) is 8.53. The Morgan fingerprint density at radius 3 is 2.68 bits per heavy atom. The molecule has 1 atom stereocenters. The zero-order chi connectivity index (χ0) is 17.5. The van der Waals surface area contributed by atoms with Gasteiger partial charge in [-0.2, -0.15) is 0 Å². The van der Waals surface area contributed by atoms with Crippen LogP contribution in [0.4, 0.5) is 10.5 Å². The Labute approximate surface area is 151 Å². The van der Waals surface area contributed by atoms with E-state index in [-0.39, 0.29) is 12.1 Å². The summed E-state index contributed by atoms with van der Waals surface area (Å²) in [6.07, 6.45) is 5.89. The molecule has 0 saturated carbocycles. The maximum absolute atomic E-state index is 12.3. The average molecular weight is 345 g/mol. The van der Waals surface area contributed by atoms with Gasteiger partial charge in [0.15, 0.2) is 0 Å². The monoisotopic (exact) mass is 345 g/mol. The fourth-order valence-electron chi connectivity index (χ4n) is 3.87. The van der Waals surface area contributed by atoms with Gasteiger partial charge in [0.2, 0.25) is 0 Å². The number of carbonyl (C=O) groups excluding carboxylic acids is 1. The van der Waals surface area contributed by atoms with E-state index in [9.17, 15) is 4.79 Å². The van der Waals surface area contributed by atoms with Gasteiger partial charge in [0, 0.05) is 44.6 Å². The number of hydrogen-bond acceptors (Lipinski definition) is 3. The highest BCUT2D eigenvalue weighted by Crippen LogP contribution is 2.24. The summed E-state index contributed by atoms with van der Waals surface area (Å²) in [6.45, 7) is 6.51. The molecule has 5 nitrogen and oxygen atoms in total. The molecule has 0 bridgehead atoms. The number of nitrogens with zero attached hydrogens (tertiary/aromatic N) is 1. The lowest BCUT2D eigenvalue weighted by Gasteiger charge is -2.31.